The van der Waals surface area contributed by atoms with Gasteiger partial charge in [0.2, 0.25) is 0 Å². The molecule has 5 nitrogen and oxygen atoms in total. The monoisotopic (exact) mass is 329 g/mol. The van der Waals surface area contributed by atoms with Crippen LogP contribution in [-0.2, 0) is 10.0 Å². The summed E-state index contributed by atoms with van der Waals surface area (Å²) in [5.41, 5.74) is 0. The summed E-state index contributed by atoms with van der Waals surface area (Å²) in [5, 5.41) is 1.82. The Morgan fingerprint density at radius 2 is 1.76 bits per heavy atom. The molecule has 1 aromatic heterocycles. The summed E-state index contributed by atoms with van der Waals surface area (Å²) in [6.45, 7) is 5.26. The van der Waals surface area contributed by atoms with Crippen LogP contribution >= 0.6 is 11.3 Å². The van der Waals surface area contributed by atoms with Crippen LogP contribution in [0.4, 0.5) is 0 Å². The van der Waals surface area contributed by atoms with Crippen molar-refractivity contribution in [3.8, 4) is 0 Å². The summed E-state index contributed by atoms with van der Waals surface area (Å²) < 4.78 is 27.1. The van der Waals surface area contributed by atoms with Crippen molar-refractivity contribution >= 4 is 21.4 Å². The largest absolute Gasteiger partial charge is 0.306 e. The fourth-order valence-electron chi connectivity index (χ4n) is 3.21. The standard InChI is InChI=1S/C14H23N3O2S2/c1-15-6-4-13(5-7-15)16-8-10-17(11-9-16)21(18,19)14-3-2-12-20-14/h2-3,12-13H,4-11H2,1H3. The fraction of sp³-hybridized carbons (Fsp3) is 0.714. The van der Waals surface area contributed by atoms with Gasteiger partial charge in [0.05, 0.1) is 0 Å². The Labute approximate surface area is 131 Å². The Bertz CT molecular complexity index is 543. The van der Waals surface area contributed by atoms with Gasteiger partial charge < -0.3 is 4.90 Å². The number of piperidine rings is 1. The molecule has 1 aromatic rings. The molecular weight excluding hydrogens is 306 g/mol. The van der Waals surface area contributed by atoms with Crippen molar-refractivity contribution in [1.82, 2.24) is 14.1 Å². The van der Waals surface area contributed by atoms with Crippen LogP contribution < -0.4 is 0 Å². The van der Waals surface area contributed by atoms with Crippen molar-refractivity contribution < 1.29 is 8.42 Å². The van der Waals surface area contributed by atoms with E-state index in [1.807, 2.05) is 5.38 Å². The first-order chi connectivity index (χ1) is 10.1. The molecule has 0 aromatic carbocycles. The van der Waals surface area contributed by atoms with Gasteiger partial charge >= 0.3 is 0 Å². The summed E-state index contributed by atoms with van der Waals surface area (Å²) in [6.07, 6.45) is 2.41. The molecule has 118 valence electrons. The lowest BCUT2D eigenvalue weighted by atomic mass is 10.0. The van der Waals surface area contributed by atoms with Gasteiger partial charge in [-0.1, -0.05) is 6.07 Å². The Morgan fingerprint density at radius 3 is 2.33 bits per heavy atom. The smallest absolute Gasteiger partial charge is 0.252 e. The molecule has 0 N–H and O–H groups in total. The molecule has 2 fully saturated rings. The van der Waals surface area contributed by atoms with Crippen molar-refractivity contribution in [1.29, 1.82) is 0 Å². The number of thiophene rings is 1. The van der Waals surface area contributed by atoms with Gasteiger partial charge in [-0.05, 0) is 44.4 Å². The minimum atomic E-state index is -3.26. The van der Waals surface area contributed by atoms with Crippen LogP contribution in [0.5, 0.6) is 0 Å². The van der Waals surface area contributed by atoms with Crippen LogP contribution in [0.3, 0.4) is 0 Å². The zero-order valence-electron chi connectivity index (χ0n) is 12.4. The highest BCUT2D eigenvalue weighted by molar-refractivity contribution is 7.91. The molecule has 0 amide bonds. The SMILES string of the molecule is CN1CCC(N2CCN(S(=O)(=O)c3cccs3)CC2)CC1. The molecule has 0 radical (unpaired) electrons. The molecule has 0 aliphatic carbocycles. The van der Waals surface area contributed by atoms with Gasteiger partial charge in [0, 0.05) is 32.2 Å². The summed E-state index contributed by atoms with van der Waals surface area (Å²) in [4.78, 5) is 4.85. The quantitative estimate of drug-likeness (QED) is 0.834. The molecule has 0 spiro atoms. The first kappa shape index (κ1) is 15.4. The number of likely N-dealkylation sites (tertiary alicyclic amines) is 1. The van der Waals surface area contributed by atoms with Gasteiger partial charge in [-0.25, -0.2) is 8.42 Å². The van der Waals surface area contributed by atoms with E-state index in [1.54, 1.807) is 16.4 Å². The molecule has 0 unspecified atom stereocenters. The molecule has 3 rings (SSSR count). The molecular formula is C14H23N3O2S2. The minimum absolute atomic E-state index is 0.468. The lowest BCUT2D eigenvalue weighted by Crippen LogP contribution is -2.53. The number of piperazine rings is 1. The fourth-order valence-corrected chi connectivity index (χ4v) is 5.77. The van der Waals surface area contributed by atoms with Crippen molar-refractivity contribution in [3.63, 3.8) is 0 Å². The zero-order valence-corrected chi connectivity index (χ0v) is 14.1. The molecule has 2 saturated heterocycles. The molecule has 7 heteroatoms. The molecule has 0 atom stereocenters. The van der Waals surface area contributed by atoms with Gasteiger partial charge in [0.1, 0.15) is 4.21 Å². The predicted octanol–water partition coefficient (Wildman–Crippen LogP) is 1.15. The Kier molecular flexibility index (Phi) is 4.66. The van der Waals surface area contributed by atoms with Gasteiger partial charge in [-0.15, -0.1) is 11.3 Å². The van der Waals surface area contributed by atoms with E-state index >= 15 is 0 Å². The van der Waals surface area contributed by atoms with Crippen molar-refractivity contribution in [2.24, 2.45) is 0 Å². The summed E-state index contributed by atoms with van der Waals surface area (Å²) in [6, 6.07) is 4.13. The highest BCUT2D eigenvalue weighted by atomic mass is 32.2. The number of rotatable bonds is 3. The molecule has 0 bridgehead atoms. The average molecular weight is 329 g/mol. The third kappa shape index (κ3) is 3.32. The normalized spacial score (nSPS) is 24.4. The third-order valence-electron chi connectivity index (χ3n) is 4.57. The molecule has 21 heavy (non-hydrogen) atoms. The second kappa shape index (κ2) is 6.34. The molecule has 2 aliphatic rings. The predicted molar refractivity (Wildman–Crippen MR) is 85.2 cm³/mol. The van der Waals surface area contributed by atoms with Gasteiger partial charge in [-0.3, -0.25) is 4.90 Å². The third-order valence-corrected chi connectivity index (χ3v) is 7.84. The summed E-state index contributed by atoms with van der Waals surface area (Å²) >= 11 is 1.30. The van der Waals surface area contributed by atoms with Crippen molar-refractivity contribution in [3.05, 3.63) is 17.5 Å². The van der Waals surface area contributed by atoms with E-state index in [0.717, 1.165) is 26.2 Å². The Hall–Kier alpha value is -0.470. The van der Waals surface area contributed by atoms with Gasteiger partial charge in [0.15, 0.2) is 0 Å². The Balaban J connectivity index is 1.58. The molecule has 0 saturated carbocycles. The van der Waals surface area contributed by atoms with Gasteiger partial charge in [0.25, 0.3) is 10.0 Å². The van der Waals surface area contributed by atoms with E-state index in [4.69, 9.17) is 0 Å². The number of hydrogen-bond acceptors (Lipinski definition) is 5. The van der Waals surface area contributed by atoms with E-state index < -0.39 is 10.0 Å². The number of hydrogen-bond donors (Lipinski definition) is 0. The maximum Gasteiger partial charge on any atom is 0.252 e. The van der Waals surface area contributed by atoms with Crippen LogP contribution in [-0.4, -0.2) is 74.9 Å². The summed E-state index contributed by atoms with van der Waals surface area (Å²) in [5.74, 6) is 0. The first-order valence-electron chi connectivity index (χ1n) is 7.53. The topological polar surface area (TPSA) is 43.9 Å². The van der Waals surface area contributed by atoms with Crippen molar-refractivity contribution in [2.75, 3.05) is 46.3 Å². The van der Waals surface area contributed by atoms with Crippen LogP contribution in [0.15, 0.2) is 21.7 Å². The average Bonchev–Trinajstić information content (AvgIpc) is 3.03. The van der Waals surface area contributed by atoms with Gasteiger partial charge in [-0.2, -0.15) is 4.31 Å². The van der Waals surface area contributed by atoms with E-state index in [0.29, 0.717) is 23.3 Å². The second-order valence-corrected chi connectivity index (χ2v) is 9.02. The first-order valence-corrected chi connectivity index (χ1v) is 9.85. The van der Waals surface area contributed by atoms with E-state index in [2.05, 4.69) is 16.8 Å². The van der Waals surface area contributed by atoms with E-state index in [9.17, 15) is 8.42 Å². The molecule has 3 heterocycles. The maximum atomic E-state index is 12.5. The number of nitrogens with zero attached hydrogens (tertiary/aromatic N) is 3. The van der Waals surface area contributed by atoms with E-state index in [-0.39, 0.29) is 0 Å². The summed E-state index contributed by atoms with van der Waals surface area (Å²) in [7, 11) is -1.10. The van der Waals surface area contributed by atoms with E-state index in [1.165, 1.54) is 24.2 Å². The highest BCUT2D eigenvalue weighted by Gasteiger charge is 2.32. The second-order valence-electron chi connectivity index (χ2n) is 5.91. The lowest BCUT2D eigenvalue weighted by Gasteiger charge is -2.41. The molecule has 2 aliphatic heterocycles. The minimum Gasteiger partial charge on any atom is -0.306 e. The highest BCUT2D eigenvalue weighted by Crippen LogP contribution is 2.24. The number of sulfonamides is 1. The van der Waals surface area contributed by atoms with Crippen LogP contribution in [0.2, 0.25) is 0 Å². The van der Waals surface area contributed by atoms with Crippen molar-refractivity contribution in [2.45, 2.75) is 23.1 Å². The van der Waals surface area contributed by atoms with Crippen LogP contribution in [0.1, 0.15) is 12.8 Å². The maximum absolute atomic E-state index is 12.5. The Morgan fingerprint density at radius 1 is 1.10 bits per heavy atom. The lowest BCUT2D eigenvalue weighted by molar-refractivity contribution is 0.0893. The zero-order chi connectivity index (χ0) is 14.9. The van der Waals surface area contributed by atoms with Crippen LogP contribution in [0, 0.1) is 0 Å². The van der Waals surface area contributed by atoms with Crippen LogP contribution in [0.25, 0.3) is 0 Å².